The zero-order chi connectivity index (χ0) is 15.1. The molecule has 1 saturated heterocycles. The maximum absolute atomic E-state index is 11.6. The Kier molecular flexibility index (Phi) is 6.23. The zero-order valence-electron chi connectivity index (χ0n) is 11.6. The van der Waals surface area contributed by atoms with Crippen molar-refractivity contribution in [1.29, 1.82) is 0 Å². The number of carbonyl (C=O) groups is 3. The summed E-state index contributed by atoms with van der Waals surface area (Å²) in [7, 11) is 0. The number of urea groups is 1. The number of nitrogens with two attached hydrogens (primary N) is 1. The maximum atomic E-state index is 11.6. The predicted molar refractivity (Wildman–Crippen MR) is 72.0 cm³/mol. The molecule has 1 heterocycles. The fourth-order valence-electron chi connectivity index (χ4n) is 2.16. The highest BCUT2D eigenvalue weighted by Crippen LogP contribution is 2.10. The van der Waals surface area contributed by atoms with Crippen LogP contribution in [0.3, 0.4) is 0 Å². The van der Waals surface area contributed by atoms with Crippen molar-refractivity contribution < 1.29 is 19.5 Å². The second kappa shape index (κ2) is 7.68. The molecule has 0 aromatic carbocycles. The van der Waals surface area contributed by atoms with E-state index in [1.165, 1.54) is 0 Å². The van der Waals surface area contributed by atoms with Gasteiger partial charge >= 0.3 is 12.0 Å². The van der Waals surface area contributed by atoms with Gasteiger partial charge in [0, 0.05) is 12.6 Å². The molecule has 1 fully saturated rings. The summed E-state index contributed by atoms with van der Waals surface area (Å²) in [6.45, 7) is 4.46. The van der Waals surface area contributed by atoms with Crippen LogP contribution in [0.1, 0.15) is 26.2 Å². The molecule has 2 atom stereocenters. The molecule has 1 aliphatic rings. The van der Waals surface area contributed by atoms with Crippen LogP contribution in [0.4, 0.5) is 4.79 Å². The third-order valence-corrected chi connectivity index (χ3v) is 3.33. The van der Waals surface area contributed by atoms with Gasteiger partial charge in [0.2, 0.25) is 5.91 Å². The number of carboxylic acids is 1. The van der Waals surface area contributed by atoms with Crippen molar-refractivity contribution in [3.05, 3.63) is 0 Å². The summed E-state index contributed by atoms with van der Waals surface area (Å²) in [6.07, 6.45) is 1.90. The first-order valence-corrected chi connectivity index (χ1v) is 6.69. The van der Waals surface area contributed by atoms with E-state index >= 15 is 0 Å². The average Bonchev–Trinajstić information content (AvgIpc) is 2.88. The highest BCUT2D eigenvalue weighted by atomic mass is 16.4. The van der Waals surface area contributed by atoms with Crippen LogP contribution in [0.15, 0.2) is 0 Å². The molecule has 0 spiro atoms. The van der Waals surface area contributed by atoms with E-state index in [2.05, 4.69) is 15.5 Å². The smallest absolute Gasteiger partial charge is 0.326 e. The molecule has 2 unspecified atom stereocenters. The second-order valence-corrected chi connectivity index (χ2v) is 5.01. The van der Waals surface area contributed by atoms with E-state index in [4.69, 9.17) is 10.8 Å². The second-order valence-electron chi connectivity index (χ2n) is 5.01. The SMILES string of the molecule is CC(CNC(=O)NC(CC(N)=O)C(=O)O)N1CCCC1. The van der Waals surface area contributed by atoms with Crippen molar-refractivity contribution in [2.24, 2.45) is 5.73 Å². The molecule has 20 heavy (non-hydrogen) atoms. The average molecular weight is 286 g/mol. The van der Waals surface area contributed by atoms with Gasteiger partial charge in [0.25, 0.3) is 0 Å². The molecule has 0 aromatic heterocycles. The number of primary amides is 1. The molecular weight excluding hydrogens is 264 g/mol. The summed E-state index contributed by atoms with van der Waals surface area (Å²) >= 11 is 0. The Hall–Kier alpha value is -1.83. The highest BCUT2D eigenvalue weighted by Gasteiger charge is 2.23. The van der Waals surface area contributed by atoms with E-state index < -0.39 is 30.4 Å². The summed E-state index contributed by atoms with van der Waals surface area (Å²) in [5, 5.41) is 13.7. The minimum absolute atomic E-state index is 0.197. The number of amides is 3. The van der Waals surface area contributed by atoms with Gasteiger partial charge in [0.1, 0.15) is 6.04 Å². The van der Waals surface area contributed by atoms with Crippen molar-refractivity contribution in [2.75, 3.05) is 19.6 Å². The highest BCUT2D eigenvalue weighted by molar-refractivity contribution is 5.87. The molecule has 0 aromatic rings. The van der Waals surface area contributed by atoms with Gasteiger partial charge in [-0.15, -0.1) is 0 Å². The Morgan fingerprint density at radius 3 is 2.40 bits per heavy atom. The van der Waals surface area contributed by atoms with Gasteiger partial charge in [-0.05, 0) is 32.9 Å². The van der Waals surface area contributed by atoms with Crippen molar-refractivity contribution in [3.8, 4) is 0 Å². The molecule has 0 aliphatic carbocycles. The van der Waals surface area contributed by atoms with Crippen molar-refractivity contribution in [2.45, 2.75) is 38.3 Å². The Morgan fingerprint density at radius 1 is 1.30 bits per heavy atom. The Labute approximate surface area is 117 Å². The summed E-state index contributed by atoms with van der Waals surface area (Å²) in [6, 6.07) is -1.71. The summed E-state index contributed by atoms with van der Waals surface area (Å²) < 4.78 is 0. The number of nitrogens with one attached hydrogen (secondary N) is 2. The van der Waals surface area contributed by atoms with Crippen LogP contribution in [0.5, 0.6) is 0 Å². The van der Waals surface area contributed by atoms with Gasteiger partial charge in [-0.3, -0.25) is 9.69 Å². The van der Waals surface area contributed by atoms with Gasteiger partial charge in [-0.25, -0.2) is 9.59 Å². The zero-order valence-corrected chi connectivity index (χ0v) is 11.6. The van der Waals surface area contributed by atoms with E-state index in [0.717, 1.165) is 25.9 Å². The number of hydrogen-bond acceptors (Lipinski definition) is 4. The van der Waals surface area contributed by atoms with E-state index in [1.807, 2.05) is 6.92 Å². The third-order valence-electron chi connectivity index (χ3n) is 3.33. The first-order valence-electron chi connectivity index (χ1n) is 6.69. The largest absolute Gasteiger partial charge is 0.480 e. The molecule has 3 amide bonds. The van der Waals surface area contributed by atoms with Crippen LogP contribution in [0.2, 0.25) is 0 Å². The van der Waals surface area contributed by atoms with Gasteiger partial charge < -0.3 is 21.5 Å². The lowest BCUT2D eigenvalue weighted by molar-refractivity contribution is -0.140. The monoisotopic (exact) mass is 286 g/mol. The number of rotatable bonds is 7. The van der Waals surface area contributed by atoms with Crippen molar-refractivity contribution >= 4 is 17.9 Å². The van der Waals surface area contributed by atoms with Crippen molar-refractivity contribution in [1.82, 2.24) is 15.5 Å². The van der Waals surface area contributed by atoms with Crippen LogP contribution >= 0.6 is 0 Å². The minimum Gasteiger partial charge on any atom is -0.480 e. The number of hydrogen-bond donors (Lipinski definition) is 4. The van der Waals surface area contributed by atoms with E-state index in [0.29, 0.717) is 6.54 Å². The molecule has 0 bridgehead atoms. The van der Waals surface area contributed by atoms with Gasteiger partial charge in [-0.2, -0.15) is 0 Å². The molecule has 0 saturated carbocycles. The summed E-state index contributed by atoms with van der Waals surface area (Å²) in [5.41, 5.74) is 4.93. The quantitative estimate of drug-likeness (QED) is 0.482. The standard InChI is InChI=1S/C12H22N4O4/c1-8(16-4-2-3-5-16)7-14-12(20)15-9(11(18)19)6-10(13)17/h8-9H,2-7H2,1H3,(H2,13,17)(H,18,19)(H2,14,15,20). The molecule has 114 valence electrons. The topological polar surface area (TPSA) is 125 Å². The molecule has 8 heteroatoms. The predicted octanol–water partition coefficient (Wildman–Crippen LogP) is -0.901. The molecular formula is C12H22N4O4. The maximum Gasteiger partial charge on any atom is 0.326 e. The van der Waals surface area contributed by atoms with E-state index in [1.54, 1.807) is 0 Å². The van der Waals surface area contributed by atoms with Crippen LogP contribution < -0.4 is 16.4 Å². The lowest BCUT2D eigenvalue weighted by Gasteiger charge is -2.24. The van der Waals surface area contributed by atoms with Crippen LogP contribution in [-0.2, 0) is 9.59 Å². The number of likely N-dealkylation sites (tertiary alicyclic amines) is 1. The lowest BCUT2D eigenvalue weighted by Crippen LogP contribution is -2.50. The number of nitrogens with zero attached hydrogens (tertiary/aromatic N) is 1. The van der Waals surface area contributed by atoms with Gasteiger partial charge in [0.15, 0.2) is 0 Å². The van der Waals surface area contributed by atoms with E-state index in [-0.39, 0.29) is 6.04 Å². The van der Waals surface area contributed by atoms with Gasteiger partial charge in [-0.1, -0.05) is 0 Å². The van der Waals surface area contributed by atoms with Crippen LogP contribution in [-0.4, -0.2) is 59.6 Å². The Balaban J connectivity index is 2.33. The number of aliphatic carboxylic acids is 1. The minimum atomic E-state index is -1.30. The lowest BCUT2D eigenvalue weighted by atomic mass is 10.2. The third kappa shape index (κ3) is 5.43. The molecule has 8 nitrogen and oxygen atoms in total. The van der Waals surface area contributed by atoms with Crippen LogP contribution in [0, 0.1) is 0 Å². The molecule has 1 aliphatic heterocycles. The van der Waals surface area contributed by atoms with Crippen molar-refractivity contribution in [3.63, 3.8) is 0 Å². The number of carboxylic acid groups (broad SMARTS) is 1. The molecule has 0 radical (unpaired) electrons. The Bertz CT molecular complexity index is 368. The first kappa shape index (κ1) is 16.2. The van der Waals surface area contributed by atoms with Crippen LogP contribution in [0.25, 0.3) is 0 Å². The fourth-order valence-corrected chi connectivity index (χ4v) is 2.16. The fraction of sp³-hybridized carbons (Fsp3) is 0.750. The molecule has 5 N–H and O–H groups in total. The summed E-state index contributed by atoms with van der Waals surface area (Å²) in [4.78, 5) is 35.4. The number of carbonyl (C=O) groups excluding carboxylic acids is 2. The Morgan fingerprint density at radius 2 is 1.90 bits per heavy atom. The normalized spacial score (nSPS) is 18.2. The summed E-state index contributed by atoms with van der Waals surface area (Å²) in [5.74, 6) is -2.06. The van der Waals surface area contributed by atoms with Gasteiger partial charge in [0.05, 0.1) is 6.42 Å². The first-order chi connectivity index (χ1) is 9.40. The molecule has 1 rings (SSSR count). The van der Waals surface area contributed by atoms with E-state index in [9.17, 15) is 14.4 Å².